The molecule has 4 N–H and O–H groups in total. The zero-order valence-corrected chi connectivity index (χ0v) is 23.7. The highest BCUT2D eigenvalue weighted by Crippen LogP contribution is 2.24. The number of hydrogen-bond acceptors (Lipinski definition) is 6. The van der Waals surface area contributed by atoms with Crippen molar-refractivity contribution in [3.8, 4) is 0 Å². The molecule has 3 aromatic rings. The quantitative estimate of drug-likeness (QED) is 0.241. The molecule has 214 valence electrons. The smallest absolute Gasteiger partial charge is 0.412 e. The van der Waals surface area contributed by atoms with E-state index in [0.717, 1.165) is 24.9 Å². The van der Waals surface area contributed by atoms with E-state index in [4.69, 9.17) is 9.15 Å². The normalized spacial score (nSPS) is 11.9. The van der Waals surface area contributed by atoms with Crippen LogP contribution in [0.4, 0.5) is 21.0 Å². The van der Waals surface area contributed by atoms with Crippen LogP contribution in [0.3, 0.4) is 0 Å². The van der Waals surface area contributed by atoms with Crippen LogP contribution >= 0.6 is 0 Å². The van der Waals surface area contributed by atoms with Gasteiger partial charge in [0.2, 0.25) is 0 Å². The molecule has 0 spiro atoms. The Bertz CT molecular complexity index is 1250. The standard InChI is InChI=1S/C30H39N5O5/c1-30(2,3)40-29(38)34-26-12-7-6-11-25(26)32-27(36)22-16-14-21(15-17-22)24(13-8-18-35(4)5)33-28(37)31-20-23-10-9-19-39-23/h6-7,9-12,14-17,19,24H,8,13,18,20H2,1-5H3,(H,32,36)(H,34,38)(H2,31,33,37). The van der Waals surface area contributed by atoms with Crippen LogP contribution < -0.4 is 21.3 Å². The minimum atomic E-state index is -0.650. The number of amides is 4. The van der Waals surface area contributed by atoms with Crippen molar-refractivity contribution in [1.82, 2.24) is 15.5 Å². The summed E-state index contributed by atoms with van der Waals surface area (Å²) in [5.41, 5.74) is 1.54. The lowest BCUT2D eigenvalue weighted by atomic mass is 10.00. The third-order valence-electron chi connectivity index (χ3n) is 5.79. The van der Waals surface area contributed by atoms with Crippen molar-refractivity contribution in [2.24, 2.45) is 0 Å². The van der Waals surface area contributed by atoms with Gasteiger partial charge in [0.25, 0.3) is 5.91 Å². The maximum Gasteiger partial charge on any atom is 0.412 e. The number of carbonyl (C=O) groups excluding carboxylic acids is 3. The zero-order chi connectivity index (χ0) is 29.1. The summed E-state index contributed by atoms with van der Waals surface area (Å²) in [5, 5.41) is 11.4. The lowest BCUT2D eigenvalue weighted by Gasteiger charge is -2.21. The van der Waals surface area contributed by atoms with Gasteiger partial charge in [-0.15, -0.1) is 0 Å². The molecule has 40 heavy (non-hydrogen) atoms. The first-order chi connectivity index (χ1) is 19.0. The average molecular weight is 550 g/mol. The highest BCUT2D eigenvalue weighted by atomic mass is 16.6. The van der Waals surface area contributed by atoms with Crippen LogP contribution in [0, 0.1) is 0 Å². The summed E-state index contributed by atoms with van der Waals surface area (Å²) < 4.78 is 10.6. The zero-order valence-electron chi connectivity index (χ0n) is 23.7. The molecule has 0 bridgehead atoms. The first kappa shape index (κ1) is 30.2. The van der Waals surface area contributed by atoms with Crippen molar-refractivity contribution < 1.29 is 23.5 Å². The van der Waals surface area contributed by atoms with Crippen LogP contribution in [-0.4, -0.2) is 49.2 Å². The molecular formula is C30H39N5O5. The summed E-state index contributed by atoms with van der Waals surface area (Å²) >= 11 is 0. The van der Waals surface area contributed by atoms with Gasteiger partial charge >= 0.3 is 12.1 Å². The molecule has 0 aliphatic carbocycles. The fraction of sp³-hybridized carbons (Fsp3) is 0.367. The maximum absolute atomic E-state index is 13.0. The van der Waals surface area contributed by atoms with E-state index in [1.54, 1.807) is 75.6 Å². The van der Waals surface area contributed by atoms with Crippen molar-refractivity contribution in [2.45, 2.75) is 51.8 Å². The lowest BCUT2D eigenvalue weighted by Crippen LogP contribution is -2.37. The number of rotatable bonds is 11. The Hall–Kier alpha value is -4.31. The number of carbonyl (C=O) groups is 3. The van der Waals surface area contributed by atoms with E-state index in [1.807, 2.05) is 26.2 Å². The molecule has 10 nitrogen and oxygen atoms in total. The lowest BCUT2D eigenvalue weighted by molar-refractivity contribution is 0.0635. The molecule has 10 heteroatoms. The monoisotopic (exact) mass is 549 g/mol. The molecule has 0 saturated carbocycles. The number of benzene rings is 2. The predicted octanol–water partition coefficient (Wildman–Crippen LogP) is 5.76. The Kier molecular flexibility index (Phi) is 10.7. The van der Waals surface area contributed by atoms with Crippen LogP contribution in [-0.2, 0) is 11.3 Å². The Morgan fingerprint density at radius 3 is 2.20 bits per heavy atom. The molecule has 0 aliphatic heterocycles. The van der Waals surface area contributed by atoms with E-state index >= 15 is 0 Å². The van der Waals surface area contributed by atoms with Gasteiger partial charge in [0.15, 0.2) is 0 Å². The van der Waals surface area contributed by atoms with Crippen molar-refractivity contribution >= 4 is 29.4 Å². The minimum Gasteiger partial charge on any atom is -0.467 e. The van der Waals surface area contributed by atoms with Crippen molar-refractivity contribution in [1.29, 1.82) is 0 Å². The molecule has 1 heterocycles. The Balaban J connectivity index is 1.66. The molecule has 0 saturated heterocycles. The van der Waals surface area contributed by atoms with Gasteiger partial charge in [-0.3, -0.25) is 10.1 Å². The second-order valence-corrected chi connectivity index (χ2v) is 10.7. The minimum absolute atomic E-state index is 0.243. The van der Waals surface area contributed by atoms with E-state index in [0.29, 0.717) is 22.7 Å². The van der Waals surface area contributed by atoms with E-state index in [9.17, 15) is 14.4 Å². The summed E-state index contributed by atoms with van der Waals surface area (Å²) in [4.78, 5) is 40.0. The second-order valence-electron chi connectivity index (χ2n) is 10.7. The number of anilines is 2. The van der Waals surface area contributed by atoms with Gasteiger partial charge in [-0.05, 0) is 96.2 Å². The molecule has 2 aromatic carbocycles. The maximum atomic E-state index is 13.0. The highest BCUT2D eigenvalue weighted by Gasteiger charge is 2.19. The van der Waals surface area contributed by atoms with Gasteiger partial charge < -0.3 is 30.0 Å². The van der Waals surface area contributed by atoms with Gasteiger partial charge in [0.05, 0.1) is 30.2 Å². The van der Waals surface area contributed by atoms with Crippen LogP contribution in [0.1, 0.15) is 61.3 Å². The summed E-state index contributed by atoms with van der Waals surface area (Å²) in [5.74, 6) is 0.329. The molecule has 0 radical (unpaired) electrons. The fourth-order valence-electron chi connectivity index (χ4n) is 3.90. The number of ether oxygens (including phenoxy) is 1. The molecule has 4 amide bonds. The van der Waals surface area contributed by atoms with Gasteiger partial charge in [-0.25, -0.2) is 9.59 Å². The first-order valence-electron chi connectivity index (χ1n) is 13.2. The molecular weight excluding hydrogens is 510 g/mol. The highest BCUT2D eigenvalue weighted by molar-refractivity contribution is 6.06. The van der Waals surface area contributed by atoms with Crippen molar-refractivity contribution in [2.75, 3.05) is 31.3 Å². The van der Waals surface area contributed by atoms with E-state index < -0.39 is 11.7 Å². The average Bonchev–Trinajstić information content (AvgIpc) is 3.41. The number of urea groups is 1. The predicted molar refractivity (Wildman–Crippen MR) is 155 cm³/mol. The molecule has 1 atom stereocenters. The second kappa shape index (κ2) is 14.2. The van der Waals surface area contributed by atoms with Crippen LogP contribution in [0.25, 0.3) is 0 Å². The molecule has 0 aliphatic rings. The van der Waals surface area contributed by atoms with Crippen LogP contribution in [0.2, 0.25) is 0 Å². The van der Waals surface area contributed by atoms with Crippen LogP contribution in [0.5, 0.6) is 0 Å². The molecule has 3 rings (SSSR count). The van der Waals surface area contributed by atoms with Crippen molar-refractivity contribution in [3.63, 3.8) is 0 Å². The summed E-state index contributed by atoms with van der Waals surface area (Å²) in [6.07, 6.45) is 2.55. The fourth-order valence-corrected chi connectivity index (χ4v) is 3.90. The number of hydrogen-bond donors (Lipinski definition) is 4. The van der Waals surface area contributed by atoms with Crippen LogP contribution in [0.15, 0.2) is 71.3 Å². The van der Waals surface area contributed by atoms with Gasteiger partial charge in [-0.2, -0.15) is 0 Å². The van der Waals surface area contributed by atoms with Gasteiger partial charge in [0, 0.05) is 5.56 Å². The Labute approximate surface area is 235 Å². The third kappa shape index (κ3) is 10.1. The van der Waals surface area contributed by atoms with Crippen molar-refractivity contribution in [3.05, 3.63) is 83.8 Å². The summed E-state index contributed by atoms with van der Waals surface area (Å²) in [6.45, 7) is 6.49. The van der Waals surface area contributed by atoms with E-state index in [-0.39, 0.29) is 24.5 Å². The number of nitrogens with zero attached hydrogens (tertiary/aromatic N) is 1. The topological polar surface area (TPSA) is 125 Å². The first-order valence-corrected chi connectivity index (χ1v) is 13.2. The van der Waals surface area contributed by atoms with E-state index in [1.165, 1.54) is 0 Å². The summed E-state index contributed by atoms with van der Waals surface area (Å²) in [6, 6.07) is 17.0. The molecule has 0 fully saturated rings. The van der Waals surface area contributed by atoms with Gasteiger partial charge in [0.1, 0.15) is 11.4 Å². The number of furan rings is 1. The number of nitrogens with one attached hydrogen (secondary N) is 4. The third-order valence-corrected chi connectivity index (χ3v) is 5.79. The molecule has 1 aromatic heterocycles. The Morgan fingerprint density at radius 1 is 0.925 bits per heavy atom. The summed E-state index contributed by atoms with van der Waals surface area (Å²) in [7, 11) is 4.01. The number of para-hydroxylation sites is 2. The van der Waals surface area contributed by atoms with E-state index in [2.05, 4.69) is 26.2 Å². The Morgan fingerprint density at radius 2 is 1.60 bits per heavy atom. The SMILES string of the molecule is CN(C)CCCC(NC(=O)NCc1ccco1)c1ccc(C(=O)Nc2ccccc2NC(=O)OC(C)(C)C)cc1. The largest absolute Gasteiger partial charge is 0.467 e. The van der Waals surface area contributed by atoms with Gasteiger partial charge in [-0.1, -0.05) is 24.3 Å². The molecule has 1 unspecified atom stereocenters.